The molecule has 144 valence electrons. The molecule has 2 aliphatic heterocycles. The molecular formula is C22H29N3O2. The van der Waals surface area contributed by atoms with E-state index in [-0.39, 0.29) is 12.0 Å². The maximum absolute atomic E-state index is 6.67. The minimum Gasteiger partial charge on any atom is -0.493 e. The van der Waals surface area contributed by atoms with Gasteiger partial charge in [-0.1, -0.05) is 6.92 Å². The molecule has 0 saturated carbocycles. The molecule has 0 radical (unpaired) electrons. The van der Waals surface area contributed by atoms with Crippen molar-refractivity contribution in [1.82, 2.24) is 9.88 Å². The second-order valence-electron chi connectivity index (χ2n) is 7.62. The van der Waals surface area contributed by atoms with E-state index >= 15 is 0 Å². The van der Waals surface area contributed by atoms with E-state index in [1.54, 1.807) is 14.2 Å². The number of ether oxygens (including phenoxy) is 2. The van der Waals surface area contributed by atoms with Crippen LogP contribution in [0.5, 0.6) is 11.5 Å². The average Bonchev–Trinajstić information content (AvgIpc) is 2.72. The van der Waals surface area contributed by atoms with Gasteiger partial charge in [-0.05, 0) is 60.2 Å². The molecule has 27 heavy (non-hydrogen) atoms. The predicted octanol–water partition coefficient (Wildman–Crippen LogP) is 3.08. The number of nitrogens with zero attached hydrogens (tertiary/aromatic N) is 2. The summed E-state index contributed by atoms with van der Waals surface area (Å²) in [6, 6.07) is 9.05. The molecule has 1 aromatic heterocycles. The molecule has 0 bridgehead atoms. The van der Waals surface area contributed by atoms with Crippen molar-refractivity contribution in [2.24, 2.45) is 5.73 Å². The standard InChI is InChI=1S/C22H29N3O2/c1-4-14-5-7-24-19(9-14)17-13-25-8-6-15-10-21(26-2)22(27-3)11-16(15)20(25)12-18(17)23/h5,7,9-11,17-18,20H,4,6,8,12-13,23H2,1-3H3/t17-,18-,20?/m0/s1. The van der Waals surface area contributed by atoms with Crippen molar-refractivity contribution in [3.05, 3.63) is 52.8 Å². The highest BCUT2D eigenvalue weighted by Gasteiger charge is 2.39. The van der Waals surface area contributed by atoms with Crippen LogP contribution in [0.1, 0.15) is 47.7 Å². The number of nitrogens with two attached hydrogens (primary N) is 1. The smallest absolute Gasteiger partial charge is 0.161 e. The van der Waals surface area contributed by atoms with Gasteiger partial charge >= 0.3 is 0 Å². The minimum atomic E-state index is 0.102. The molecule has 1 saturated heterocycles. The van der Waals surface area contributed by atoms with E-state index in [1.807, 2.05) is 6.20 Å². The van der Waals surface area contributed by atoms with Gasteiger partial charge in [0.15, 0.2) is 11.5 Å². The normalized spacial score (nSPS) is 24.8. The van der Waals surface area contributed by atoms with E-state index in [2.05, 4.69) is 41.1 Å². The number of aromatic nitrogens is 1. The monoisotopic (exact) mass is 367 g/mol. The van der Waals surface area contributed by atoms with Crippen LogP contribution in [0.2, 0.25) is 0 Å². The van der Waals surface area contributed by atoms with Gasteiger partial charge in [0, 0.05) is 43.0 Å². The molecule has 0 aliphatic carbocycles. The number of benzene rings is 1. The maximum atomic E-state index is 6.67. The van der Waals surface area contributed by atoms with E-state index in [4.69, 9.17) is 15.2 Å². The zero-order valence-electron chi connectivity index (χ0n) is 16.4. The van der Waals surface area contributed by atoms with E-state index in [1.165, 1.54) is 16.7 Å². The van der Waals surface area contributed by atoms with Crippen LogP contribution >= 0.6 is 0 Å². The van der Waals surface area contributed by atoms with Gasteiger partial charge in [0.1, 0.15) is 0 Å². The summed E-state index contributed by atoms with van der Waals surface area (Å²) in [4.78, 5) is 7.22. The van der Waals surface area contributed by atoms with Crippen molar-refractivity contribution in [2.75, 3.05) is 27.3 Å². The second kappa shape index (κ2) is 7.49. The highest BCUT2D eigenvalue weighted by atomic mass is 16.5. The lowest BCUT2D eigenvalue weighted by molar-refractivity contribution is 0.108. The zero-order valence-corrected chi connectivity index (χ0v) is 16.4. The van der Waals surface area contributed by atoms with Crippen molar-refractivity contribution in [3.8, 4) is 11.5 Å². The summed E-state index contributed by atoms with van der Waals surface area (Å²) in [6.07, 6.45) is 4.91. The SMILES string of the molecule is CCc1ccnc([C@H]2CN3CCc4cc(OC)c(OC)cc4C3C[C@@H]2N)c1. The van der Waals surface area contributed by atoms with Gasteiger partial charge in [-0.2, -0.15) is 0 Å². The molecular weight excluding hydrogens is 338 g/mol. The van der Waals surface area contributed by atoms with Crippen LogP contribution in [0.25, 0.3) is 0 Å². The Labute approximate surface area is 161 Å². The molecule has 0 amide bonds. The third-order valence-electron chi connectivity index (χ3n) is 6.19. The molecule has 1 fully saturated rings. The number of aryl methyl sites for hydroxylation is 1. The van der Waals surface area contributed by atoms with Crippen LogP contribution < -0.4 is 15.2 Å². The van der Waals surface area contributed by atoms with Crippen LogP contribution in [0.15, 0.2) is 30.5 Å². The van der Waals surface area contributed by atoms with E-state index in [9.17, 15) is 0 Å². The number of methoxy groups -OCH3 is 2. The van der Waals surface area contributed by atoms with Crippen LogP contribution in [0, 0.1) is 0 Å². The highest BCUT2D eigenvalue weighted by molar-refractivity contribution is 5.49. The van der Waals surface area contributed by atoms with Gasteiger partial charge in [0.05, 0.1) is 14.2 Å². The predicted molar refractivity (Wildman–Crippen MR) is 107 cm³/mol. The molecule has 2 aromatic rings. The van der Waals surface area contributed by atoms with Crippen molar-refractivity contribution < 1.29 is 9.47 Å². The van der Waals surface area contributed by atoms with Gasteiger partial charge in [-0.3, -0.25) is 9.88 Å². The lowest BCUT2D eigenvalue weighted by Gasteiger charge is -2.46. The topological polar surface area (TPSA) is 60.6 Å². The highest BCUT2D eigenvalue weighted by Crippen LogP contribution is 2.43. The van der Waals surface area contributed by atoms with Crippen LogP contribution in [-0.2, 0) is 12.8 Å². The third-order valence-corrected chi connectivity index (χ3v) is 6.19. The van der Waals surface area contributed by atoms with Crippen LogP contribution in [0.3, 0.4) is 0 Å². The molecule has 3 heterocycles. The number of hydrogen-bond acceptors (Lipinski definition) is 5. The summed E-state index contributed by atoms with van der Waals surface area (Å²) < 4.78 is 11.0. The molecule has 1 aromatic carbocycles. The molecule has 2 N–H and O–H groups in total. The fourth-order valence-electron chi connectivity index (χ4n) is 4.61. The Hall–Kier alpha value is -2.11. The molecule has 0 spiro atoms. The summed E-state index contributed by atoms with van der Waals surface area (Å²) in [5.74, 6) is 1.89. The van der Waals surface area contributed by atoms with Crippen molar-refractivity contribution >= 4 is 0 Å². The average molecular weight is 367 g/mol. The van der Waals surface area contributed by atoms with Crippen LogP contribution in [0.4, 0.5) is 0 Å². The fraction of sp³-hybridized carbons (Fsp3) is 0.500. The lowest BCUT2D eigenvalue weighted by atomic mass is 9.79. The van der Waals surface area contributed by atoms with E-state index in [0.717, 1.165) is 49.5 Å². The molecule has 1 unspecified atom stereocenters. The van der Waals surface area contributed by atoms with Gasteiger partial charge < -0.3 is 15.2 Å². The second-order valence-corrected chi connectivity index (χ2v) is 7.62. The fourth-order valence-corrected chi connectivity index (χ4v) is 4.61. The molecule has 2 aliphatic rings. The van der Waals surface area contributed by atoms with Gasteiger partial charge in [-0.15, -0.1) is 0 Å². The van der Waals surface area contributed by atoms with Crippen molar-refractivity contribution in [1.29, 1.82) is 0 Å². The Morgan fingerprint density at radius 2 is 1.96 bits per heavy atom. The number of pyridine rings is 1. The first-order valence-electron chi connectivity index (χ1n) is 9.83. The number of hydrogen-bond donors (Lipinski definition) is 1. The minimum absolute atomic E-state index is 0.102. The quantitative estimate of drug-likeness (QED) is 0.900. The first-order valence-corrected chi connectivity index (χ1v) is 9.83. The van der Waals surface area contributed by atoms with Gasteiger partial charge in [0.25, 0.3) is 0 Å². The molecule has 3 atom stereocenters. The van der Waals surface area contributed by atoms with Crippen molar-refractivity contribution in [3.63, 3.8) is 0 Å². The van der Waals surface area contributed by atoms with Crippen LogP contribution in [-0.4, -0.2) is 43.2 Å². The Kier molecular flexibility index (Phi) is 5.06. The van der Waals surface area contributed by atoms with E-state index < -0.39 is 0 Å². The number of piperidine rings is 1. The molecule has 5 nitrogen and oxygen atoms in total. The Morgan fingerprint density at radius 1 is 1.19 bits per heavy atom. The summed E-state index contributed by atoms with van der Waals surface area (Å²) in [5, 5.41) is 0. The number of rotatable bonds is 4. The lowest BCUT2D eigenvalue weighted by Crippen LogP contribution is -2.50. The third kappa shape index (κ3) is 3.30. The molecule has 5 heteroatoms. The summed E-state index contributed by atoms with van der Waals surface area (Å²) in [6.45, 7) is 4.18. The Morgan fingerprint density at radius 3 is 2.70 bits per heavy atom. The Balaban J connectivity index is 1.63. The summed E-state index contributed by atoms with van der Waals surface area (Å²) >= 11 is 0. The summed E-state index contributed by atoms with van der Waals surface area (Å²) in [7, 11) is 3.39. The van der Waals surface area contributed by atoms with Gasteiger partial charge in [-0.25, -0.2) is 0 Å². The maximum Gasteiger partial charge on any atom is 0.161 e. The van der Waals surface area contributed by atoms with E-state index in [0.29, 0.717) is 6.04 Å². The first-order chi connectivity index (χ1) is 13.1. The number of fused-ring (bicyclic) bond motifs is 3. The largest absolute Gasteiger partial charge is 0.493 e. The van der Waals surface area contributed by atoms with Gasteiger partial charge in [0.2, 0.25) is 0 Å². The summed E-state index contributed by atoms with van der Waals surface area (Å²) in [5.41, 5.74) is 11.8. The van der Waals surface area contributed by atoms with Crippen molar-refractivity contribution in [2.45, 2.75) is 44.2 Å². The Bertz CT molecular complexity index is 823. The first kappa shape index (κ1) is 18.3. The zero-order chi connectivity index (χ0) is 19.0. The molecule has 4 rings (SSSR count).